The van der Waals surface area contributed by atoms with Gasteiger partial charge in [-0.15, -0.1) is 0 Å². The van der Waals surface area contributed by atoms with E-state index in [1.54, 1.807) is 0 Å². The van der Waals surface area contributed by atoms with E-state index in [4.69, 9.17) is 4.74 Å². The first-order valence-corrected chi connectivity index (χ1v) is 9.76. The van der Waals surface area contributed by atoms with Crippen LogP contribution < -0.4 is 0 Å². The van der Waals surface area contributed by atoms with E-state index in [1.807, 2.05) is 19.1 Å². The summed E-state index contributed by atoms with van der Waals surface area (Å²) in [6, 6.07) is 0. The number of rotatable bonds is 15. The Hall–Kier alpha value is -1.31. The third-order valence-corrected chi connectivity index (χ3v) is 4.14. The van der Waals surface area contributed by atoms with Crippen molar-refractivity contribution in [2.45, 2.75) is 84.5 Å². The van der Waals surface area contributed by atoms with Crippen LogP contribution in [0.25, 0.3) is 0 Å². The average Bonchev–Trinajstić information content (AvgIpc) is 2.60. The van der Waals surface area contributed by atoms with Gasteiger partial charge in [-0.2, -0.15) is 0 Å². The molecule has 0 aromatic rings. The van der Waals surface area contributed by atoms with Gasteiger partial charge < -0.3 is 4.74 Å². The second-order valence-corrected chi connectivity index (χ2v) is 6.32. The zero-order chi connectivity index (χ0) is 17.9. The number of ether oxygens (including phenoxy) is 1. The molecule has 0 rings (SSSR count). The van der Waals surface area contributed by atoms with E-state index in [-0.39, 0.29) is 11.9 Å². The van der Waals surface area contributed by atoms with Crippen LogP contribution in [0.2, 0.25) is 0 Å². The Balaban J connectivity index is 3.52. The number of hydrogen-bond donors (Lipinski definition) is 0. The number of hydrogen-bond acceptors (Lipinski definition) is 2. The van der Waals surface area contributed by atoms with Gasteiger partial charge in [0, 0.05) is 0 Å². The molecule has 2 nitrogen and oxygen atoms in total. The van der Waals surface area contributed by atoms with Crippen molar-refractivity contribution in [2.75, 3.05) is 7.11 Å². The molecule has 1 unspecified atom stereocenters. The van der Waals surface area contributed by atoms with Gasteiger partial charge in [0.1, 0.15) is 0 Å². The van der Waals surface area contributed by atoms with Gasteiger partial charge >= 0.3 is 5.97 Å². The molecule has 0 aromatic carbocycles. The van der Waals surface area contributed by atoms with Crippen molar-refractivity contribution in [1.82, 2.24) is 0 Å². The van der Waals surface area contributed by atoms with Crippen molar-refractivity contribution in [2.24, 2.45) is 5.92 Å². The van der Waals surface area contributed by atoms with E-state index in [1.165, 1.54) is 58.5 Å². The third kappa shape index (κ3) is 14.3. The zero-order valence-electron chi connectivity index (χ0n) is 16.1. The summed E-state index contributed by atoms with van der Waals surface area (Å²) in [7, 11) is 1.46. The van der Waals surface area contributed by atoms with Crippen molar-refractivity contribution in [3.8, 4) is 0 Å². The lowest BCUT2D eigenvalue weighted by Gasteiger charge is -2.09. The summed E-state index contributed by atoms with van der Waals surface area (Å²) in [5.41, 5.74) is 0. The SMILES string of the molecule is C/C=C/C(CCCCCC/C=C\C/C=C\CCCCC)C(=O)OC. The minimum Gasteiger partial charge on any atom is -0.469 e. The van der Waals surface area contributed by atoms with E-state index in [9.17, 15) is 4.79 Å². The van der Waals surface area contributed by atoms with E-state index >= 15 is 0 Å². The number of allylic oxidation sites excluding steroid dienone is 5. The molecule has 1 atom stereocenters. The van der Waals surface area contributed by atoms with E-state index in [0.29, 0.717) is 0 Å². The van der Waals surface area contributed by atoms with Crippen LogP contribution in [0.1, 0.15) is 84.5 Å². The molecule has 138 valence electrons. The maximum absolute atomic E-state index is 11.6. The fourth-order valence-electron chi connectivity index (χ4n) is 2.68. The van der Waals surface area contributed by atoms with Gasteiger partial charge in [-0.3, -0.25) is 4.79 Å². The third-order valence-electron chi connectivity index (χ3n) is 4.14. The van der Waals surface area contributed by atoms with Crippen molar-refractivity contribution < 1.29 is 9.53 Å². The quantitative estimate of drug-likeness (QED) is 0.187. The first-order chi connectivity index (χ1) is 11.8. The summed E-state index contributed by atoms with van der Waals surface area (Å²) in [5, 5.41) is 0. The molecule has 0 aliphatic carbocycles. The van der Waals surface area contributed by atoms with Gasteiger partial charge in [-0.05, 0) is 45.4 Å². The molecule has 0 aromatic heterocycles. The van der Waals surface area contributed by atoms with Crippen LogP contribution in [-0.2, 0) is 9.53 Å². The molecule has 0 heterocycles. The van der Waals surface area contributed by atoms with Crippen molar-refractivity contribution in [1.29, 1.82) is 0 Å². The first kappa shape index (κ1) is 22.7. The lowest BCUT2D eigenvalue weighted by Crippen LogP contribution is -2.13. The molecule has 0 saturated heterocycles. The minimum atomic E-state index is -0.112. The van der Waals surface area contributed by atoms with Crippen molar-refractivity contribution >= 4 is 5.97 Å². The summed E-state index contributed by atoms with van der Waals surface area (Å²) in [6.07, 6.45) is 26.1. The Morgan fingerprint density at radius 3 is 2.12 bits per heavy atom. The molecular weight excluding hydrogens is 296 g/mol. The van der Waals surface area contributed by atoms with E-state index in [2.05, 4.69) is 31.2 Å². The molecule has 0 aliphatic heterocycles. The topological polar surface area (TPSA) is 26.3 Å². The molecule has 0 radical (unpaired) electrons. The number of carbonyl (C=O) groups excluding carboxylic acids is 1. The maximum Gasteiger partial charge on any atom is 0.312 e. The highest BCUT2D eigenvalue weighted by molar-refractivity contribution is 5.74. The Bertz CT molecular complexity index is 366. The van der Waals surface area contributed by atoms with Gasteiger partial charge in [0.05, 0.1) is 13.0 Å². The smallest absolute Gasteiger partial charge is 0.312 e. The lowest BCUT2D eigenvalue weighted by atomic mass is 10.00. The standard InChI is InChI=1S/C22H38O2/c1-4-6-7-8-9-10-11-12-13-14-15-16-17-18-20-21(19-5-2)22(23)24-3/h5,9-10,12-13,19,21H,4,6-8,11,14-18,20H2,1-3H3/b10-9-,13-12-,19-5+. The van der Waals surface area contributed by atoms with Gasteiger partial charge in [-0.25, -0.2) is 0 Å². The summed E-state index contributed by atoms with van der Waals surface area (Å²) < 4.78 is 4.83. The molecular formula is C22H38O2. The molecule has 0 saturated carbocycles. The maximum atomic E-state index is 11.6. The van der Waals surface area contributed by atoms with Gasteiger partial charge in [-0.1, -0.05) is 75.5 Å². The van der Waals surface area contributed by atoms with Crippen LogP contribution in [0.15, 0.2) is 36.5 Å². The van der Waals surface area contributed by atoms with Crippen LogP contribution in [0, 0.1) is 5.92 Å². The fraction of sp³-hybridized carbons (Fsp3) is 0.682. The zero-order valence-corrected chi connectivity index (χ0v) is 16.1. The Morgan fingerprint density at radius 1 is 0.917 bits per heavy atom. The second-order valence-electron chi connectivity index (χ2n) is 6.32. The fourth-order valence-corrected chi connectivity index (χ4v) is 2.68. The van der Waals surface area contributed by atoms with E-state index in [0.717, 1.165) is 19.3 Å². The molecule has 0 N–H and O–H groups in total. The monoisotopic (exact) mass is 334 g/mol. The highest BCUT2D eigenvalue weighted by Gasteiger charge is 2.14. The van der Waals surface area contributed by atoms with Gasteiger partial charge in [0.15, 0.2) is 0 Å². The Morgan fingerprint density at radius 2 is 1.54 bits per heavy atom. The predicted octanol–water partition coefficient (Wildman–Crippen LogP) is 6.78. The van der Waals surface area contributed by atoms with Crippen molar-refractivity contribution in [3.63, 3.8) is 0 Å². The Labute approximate surface area is 150 Å². The van der Waals surface area contributed by atoms with Crippen molar-refractivity contribution in [3.05, 3.63) is 36.5 Å². The molecule has 0 amide bonds. The summed E-state index contributed by atoms with van der Waals surface area (Å²) in [4.78, 5) is 11.6. The predicted molar refractivity (Wildman–Crippen MR) is 105 cm³/mol. The molecule has 0 aliphatic rings. The lowest BCUT2D eigenvalue weighted by molar-refractivity contribution is -0.143. The van der Waals surface area contributed by atoms with Crippen LogP contribution >= 0.6 is 0 Å². The van der Waals surface area contributed by atoms with Crippen LogP contribution in [0.3, 0.4) is 0 Å². The molecule has 24 heavy (non-hydrogen) atoms. The van der Waals surface area contributed by atoms with Crippen LogP contribution in [0.5, 0.6) is 0 Å². The largest absolute Gasteiger partial charge is 0.469 e. The van der Waals surface area contributed by atoms with Crippen LogP contribution in [0.4, 0.5) is 0 Å². The average molecular weight is 335 g/mol. The number of carbonyl (C=O) groups is 1. The van der Waals surface area contributed by atoms with E-state index < -0.39 is 0 Å². The summed E-state index contributed by atoms with van der Waals surface area (Å²) >= 11 is 0. The summed E-state index contributed by atoms with van der Waals surface area (Å²) in [6.45, 7) is 4.19. The summed E-state index contributed by atoms with van der Waals surface area (Å²) in [5.74, 6) is -0.178. The number of unbranched alkanes of at least 4 members (excludes halogenated alkanes) is 7. The van der Waals surface area contributed by atoms with Crippen LogP contribution in [-0.4, -0.2) is 13.1 Å². The highest BCUT2D eigenvalue weighted by Crippen LogP contribution is 2.14. The number of esters is 1. The minimum absolute atomic E-state index is 0.0657. The molecule has 0 bridgehead atoms. The first-order valence-electron chi connectivity index (χ1n) is 9.76. The van der Waals surface area contributed by atoms with Gasteiger partial charge in [0.2, 0.25) is 0 Å². The second kappa shape index (κ2) is 18.0. The highest BCUT2D eigenvalue weighted by atomic mass is 16.5. The Kier molecular flexibility index (Phi) is 17.1. The molecule has 0 fully saturated rings. The van der Waals surface area contributed by atoms with Gasteiger partial charge in [0.25, 0.3) is 0 Å². The molecule has 0 spiro atoms. The normalized spacial score (nSPS) is 13.3. The number of methoxy groups -OCH3 is 1. The molecule has 2 heteroatoms.